The summed E-state index contributed by atoms with van der Waals surface area (Å²) in [6, 6.07) is 6.49. The van der Waals surface area contributed by atoms with Gasteiger partial charge >= 0.3 is 0 Å². The Balaban J connectivity index is 2.27. The maximum absolute atomic E-state index is 5.52. The van der Waals surface area contributed by atoms with E-state index in [-0.39, 0.29) is 6.04 Å². The first-order chi connectivity index (χ1) is 6.85. The molecule has 1 aliphatic heterocycles. The molecule has 1 aromatic rings. The van der Waals surface area contributed by atoms with Crippen LogP contribution in [0.2, 0.25) is 0 Å². The molecule has 14 heavy (non-hydrogen) atoms. The van der Waals surface area contributed by atoms with Crippen molar-refractivity contribution >= 4 is 0 Å². The summed E-state index contributed by atoms with van der Waals surface area (Å²) in [6.45, 7) is 2.80. The fourth-order valence-electron chi connectivity index (χ4n) is 1.72. The predicted octanol–water partition coefficient (Wildman–Crippen LogP) is 1.83. The SMILES string of the molecule is CCc1ccc2c(c1)C(NOC)CO2. The van der Waals surface area contributed by atoms with E-state index in [0.717, 1.165) is 12.2 Å². The summed E-state index contributed by atoms with van der Waals surface area (Å²) < 4.78 is 5.52. The zero-order valence-electron chi connectivity index (χ0n) is 8.54. The van der Waals surface area contributed by atoms with Crippen LogP contribution in [0.1, 0.15) is 24.1 Å². The second-order valence-corrected chi connectivity index (χ2v) is 3.41. The predicted molar refractivity (Wildman–Crippen MR) is 54.2 cm³/mol. The number of fused-ring (bicyclic) bond motifs is 1. The smallest absolute Gasteiger partial charge is 0.124 e. The van der Waals surface area contributed by atoms with Crippen molar-refractivity contribution in [3.05, 3.63) is 29.3 Å². The van der Waals surface area contributed by atoms with Crippen LogP contribution in [-0.2, 0) is 11.3 Å². The molecule has 3 heteroatoms. The van der Waals surface area contributed by atoms with Gasteiger partial charge in [-0.3, -0.25) is 0 Å². The molecule has 1 heterocycles. The number of aryl methyl sites for hydroxylation is 1. The Morgan fingerprint density at radius 2 is 2.43 bits per heavy atom. The molecule has 1 aliphatic rings. The van der Waals surface area contributed by atoms with Crippen molar-refractivity contribution in [3.63, 3.8) is 0 Å². The van der Waals surface area contributed by atoms with E-state index in [4.69, 9.17) is 9.57 Å². The summed E-state index contributed by atoms with van der Waals surface area (Å²) >= 11 is 0. The van der Waals surface area contributed by atoms with Gasteiger partial charge in [0.25, 0.3) is 0 Å². The average molecular weight is 193 g/mol. The number of ether oxygens (including phenoxy) is 1. The Bertz CT molecular complexity index is 323. The molecular formula is C11H15NO2. The van der Waals surface area contributed by atoms with Crippen LogP contribution in [0, 0.1) is 0 Å². The third-order valence-electron chi connectivity index (χ3n) is 2.52. The topological polar surface area (TPSA) is 30.5 Å². The van der Waals surface area contributed by atoms with E-state index in [1.54, 1.807) is 7.11 Å². The molecule has 1 N–H and O–H groups in total. The van der Waals surface area contributed by atoms with E-state index in [1.807, 2.05) is 6.07 Å². The van der Waals surface area contributed by atoms with Crippen LogP contribution in [-0.4, -0.2) is 13.7 Å². The summed E-state index contributed by atoms with van der Waals surface area (Å²) in [6.07, 6.45) is 1.05. The summed E-state index contributed by atoms with van der Waals surface area (Å²) in [4.78, 5) is 4.93. The number of benzene rings is 1. The number of hydrogen-bond donors (Lipinski definition) is 1. The summed E-state index contributed by atoms with van der Waals surface area (Å²) in [5.74, 6) is 0.969. The van der Waals surface area contributed by atoms with Gasteiger partial charge in [0, 0.05) is 5.56 Å². The molecule has 1 unspecified atom stereocenters. The highest BCUT2D eigenvalue weighted by molar-refractivity contribution is 5.42. The number of rotatable bonds is 3. The first kappa shape index (κ1) is 9.49. The Labute approximate surface area is 84.0 Å². The highest BCUT2D eigenvalue weighted by Gasteiger charge is 2.23. The van der Waals surface area contributed by atoms with Crippen molar-refractivity contribution in [1.82, 2.24) is 5.48 Å². The molecule has 0 amide bonds. The van der Waals surface area contributed by atoms with Gasteiger partial charge in [-0.25, -0.2) is 0 Å². The molecule has 0 bridgehead atoms. The standard InChI is InChI=1S/C11H15NO2/c1-3-8-4-5-11-9(6-8)10(7-14-11)12-13-2/h4-6,10,12H,3,7H2,1-2H3. The molecule has 0 fully saturated rings. The third kappa shape index (κ3) is 1.61. The van der Waals surface area contributed by atoms with Gasteiger partial charge in [0.1, 0.15) is 12.4 Å². The second kappa shape index (κ2) is 3.98. The van der Waals surface area contributed by atoms with Gasteiger partial charge in [0.05, 0.1) is 13.2 Å². The van der Waals surface area contributed by atoms with Gasteiger partial charge in [-0.05, 0) is 18.1 Å². The van der Waals surface area contributed by atoms with Crippen molar-refractivity contribution in [3.8, 4) is 5.75 Å². The molecular weight excluding hydrogens is 178 g/mol. The lowest BCUT2D eigenvalue weighted by Crippen LogP contribution is -2.20. The molecule has 1 aromatic carbocycles. The minimum absolute atomic E-state index is 0.168. The Kier molecular flexibility index (Phi) is 2.70. The lowest BCUT2D eigenvalue weighted by atomic mass is 10.0. The summed E-state index contributed by atoms with van der Waals surface area (Å²) in [7, 11) is 1.63. The molecule has 0 saturated heterocycles. The van der Waals surface area contributed by atoms with Crippen LogP contribution in [0.5, 0.6) is 5.75 Å². The van der Waals surface area contributed by atoms with Crippen molar-refractivity contribution in [2.75, 3.05) is 13.7 Å². The van der Waals surface area contributed by atoms with E-state index < -0.39 is 0 Å². The number of hydroxylamine groups is 1. The van der Waals surface area contributed by atoms with Gasteiger partial charge in [-0.1, -0.05) is 19.1 Å². The van der Waals surface area contributed by atoms with Crippen LogP contribution in [0.3, 0.4) is 0 Å². The molecule has 0 aliphatic carbocycles. The van der Waals surface area contributed by atoms with Crippen LogP contribution >= 0.6 is 0 Å². The Morgan fingerprint density at radius 3 is 3.14 bits per heavy atom. The van der Waals surface area contributed by atoms with Crippen LogP contribution in [0.4, 0.5) is 0 Å². The zero-order valence-corrected chi connectivity index (χ0v) is 8.54. The lowest BCUT2D eigenvalue weighted by molar-refractivity contribution is 0.0536. The highest BCUT2D eigenvalue weighted by atomic mass is 16.6. The van der Waals surface area contributed by atoms with Gasteiger partial charge < -0.3 is 9.57 Å². The Morgan fingerprint density at radius 1 is 1.57 bits per heavy atom. The van der Waals surface area contributed by atoms with Crippen molar-refractivity contribution < 1.29 is 9.57 Å². The lowest BCUT2D eigenvalue weighted by Gasteiger charge is -2.09. The van der Waals surface area contributed by atoms with E-state index >= 15 is 0 Å². The molecule has 0 radical (unpaired) electrons. The first-order valence-corrected chi connectivity index (χ1v) is 4.89. The summed E-state index contributed by atoms with van der Waals surface area (Å²) in [5, 5.41) is 0. The first-order valence-electron chi connectivity index (χ1n) is 4.89. The normalized spacial score (nSPS) is 19.1. The molecule has 1 atom stereocenters. The van der Waals surface area contributed by atoms with Crippen molar-refractivity contribution in [2.24, 2.45) is 0 Å². The van der Waals surface area contributed by atoms with Gasteiger partial charge in [-0.15, -0.1) is 0 Å². The van der Waals surface area contributed by atoms with Gasteiger partial charge in [0.15, 0.2) is 0 Å². The number of hydrogen-bond acceptors (Lipinski definition) is 3. The van der Waals surface area contributed by atoms with E-state index in [0.29, 0.717) is 6.61 Å². The number of nitrogens with one attached hydrogen (secondary N) is 1. The molecule has 0 spiro atoms. The Hall–Kier alpha value is -1.06. The second-order valence-electron chi connectivity index (χ2n) is 3.41. The van der Waals surface area contributed by atoms with Crippen molar-refractivity contribution in [2.45, 2.75) is 19.4 Å². The monoisotopic (exact) mass is 193 g/mol. The largest absolute Gasteiger partial charge is 0.491 e. The molecule has 0 aromatic heterocycles. The van der Waals surface area contributed by atoms with Crippen LogP contribution in [0.15, 0.2) is 18.2 Å². The quantitative estimate of drug-likeness (QED) is 0.743. The maximum Gasteiger partial charge on any atom is 0.124 e. The molecule has 3 nitrogen and oxygen atoms in total. The minimum atomic E-state index is 0.168. The van der Waals surface area contributed by atoms with Gasteiger partial charge in [0.2, 0.25) is 0 Å². The van der Waals surface area contributed by atoms with Crippen molar-refractivity contribution in [1.29, 1.82) is 0 Å². The minimum Gasteiger partial charge on any atom is -0.491 e. The molecule has 2 rings (SSSR count). The molecule has 76 valence electrons. The fraction of sp³-hybridized carbons (Fsp3) is 0.455. The summed E-state index contributed by atoms with van der Waals surface area (Å²) in [5.41, 5.74) is 5.46. The third-order valence-corrected chi connectivity index (χ3v) is 2.52. The van der Waals surface area contributed by atoms with E-state index in [2.05, 4.69) is 24.5 Å². The zero-order chi connectivity index (χ0) is 9.97. The maximum atomic E-state index is 5.52. The highest BCUT2D eigenvalue weighted by Crippen LogP contribution is 2.32. The average Bonchev–Trinajstić information content (AvgIpc) is 2.61. The van der Waals surface area contributed by atoms with Crippen LogP contribution in [0.25, 0.3) is 0 Å². The molecule has 0 saturated carbocycles. The van der Waals surface area contributed by atoms with E-state index in [1.165, 1.54) is 11.1 Å². The van der Waals surface area contributed by atoms with E-state index in [9.17, 15) is 0 Å². The van der Waals surface area contributed by atoms with Crippen LogP contribution < -0.4 is 10.2 Å². The fourth-order valence-corrected chi connectivity index (χ4v) is 1.72. The van der Waals surface area contributed by atoms with Gasteiger partial charge in [-0.2, -0.15) is 5.48 Å².